The number of carbonyl (C=O) groups is 1. The van der Waals surface area contributed by atoms with Crippen LogP contribution in [0.25, 0.3) is 0 Å². The van der Waals surface area contributed by atoms with Gasteiger partial charge in [-0.05, 0) is 50.8 Å². The lowest BCUT2D eigenvalue weighted by atomic mass is 9.81. The van der Waals surface area contributed by atoms with Gasteiger partial charge in [-0.3, -0.25) is 9.79 Å². The van der Waals surface area contributed by atoms with Gasteiger partial charge in [-0.15, -0.1) is 0 Å². The topological polar surface area (TPSA) is 85.9 Å². The zero-order valence-electron chi connectivity index (χ0n) is 17.2. The second-order valence-electron chi connectivity index (χ2n) is 7.67. The number of hydrogen-bond donors (Lipinski definition) is 2. The minimum Gasteiger partial charge on any atom is -0.379 e. The molecule has 152 valence electrons. The molecule has 3 N–H and O–H groups in total. The number of carbonyl (C=O) groups excluding carboxylic acids is 1. The summed E-state index contributed by atoms with van der Waals surface area (Å²) in [4.78, 5) is 16.9. The molecule has 0 heterocycles. The van der Waals surface area contributed by atoms with Crippen LogP contribution in [0.5, 0.6) is 0 Å². The number of ether oxygens (including phenoxy) is 2. The van der Waals surface area contributed by atoms with Crippen LogP contribution in [0.15, 0.2) is 4.99 Å². The number of hydrogen-bond acceptors (Lipinski definition) is 6. The molecule has 0 aromatic carbocycles. The second-order valence-corrected chi connectivity index (χ2v) is 7.67. The maximum atomic E-state index is 13.2. The number of nitrogens with one attached hydrogen (secondary N) is 1. The van der Waals surface area contributed by atoms with E-state index in [1.165, 1.54) is 0 Å². The first kappa shape index (κ1) is 23.2. The summed E-state index contributed by atoms with van der Waals surface area (Å²) in [6.07, 6.45) is 3.20. The maximum absolute atomic E-state index is 13.2. The molecule has 1 unspecified atom stereocenters. The summed E-state index contributed by atoms with van der Waals surface area (Å²) >= 11 is 0. The highest BCUT2D eigenvalue weighted by Crippen LogP contribution is 2.49. The van der Waals surface area contributed by atoms with Crippen LogP contribution in [0.3, 0.4) is 0 Å². The zero-order chi connectivity index (χ0) is 19.6. The summed E-state index contributed by atoms with van der Waals surface area (Å²) in [5.74, 6) is 0.959. The highest BCUT2D eigenvalue weighted by Gasteiger charge is 2.61. The molecule has 0 aromatic heterocycles. The molecule has 1 aliphatic carbocycles. The molecule has 0 bridgehead atoms. The summed E-state index contributed by atoms with van der Waals surface area (Å²) in [6, 6.07) is 0. The number of nitrogens with two attached hydrogens (primary N) is 1. The van der Waals surface area contributed by atoms with Crippen molar-refractivity contribution in [3.05, 3.63) is 0 Å². The van der Waals surface area contributed by atoms with Crippen molar-refractivity contribution in [3.8, 4) is 0 Å². The van der Waals surface area contributed by atoms with E-state index in [2.05, 4.69) is 44.7 Å². The predicted octanol–water partition coefficient (Wildman–Crippen LogP) is 2.20. The molecule has 6 heteroatoms. The van der Waals surface area contributed by atoms with Gasteiger partial charge in [-0.1, -0.05) is 27.7 Å². The number of aliphatic imine (C=N–C) groups is 1. The maximum Gasteiger partial charge on any atom is 0.172 e. The predicted molar refractivity (Wildman–Crippen MR) is 107 cm³/mol. The Morgan fingerprint density at radius 2 is 1.88 bits per heavy atom. The lowest BCUT2D eigenvalue weighted by molar-refractivity contribution is -0.128. The Morgan fingerprint density at radius 1 is 1.27 bits per heavy atom. The van der Waals surface area contributed by atoms with Crippen molar-refractivity contribution in [3.63, 3.8) is 0 Å². The fourth-order valence-electron chi connectivity index (χ4n) is 3.70. The van der Waals surface area contributed by atoms with E-state index in [1.54, 1.807) is 0 Å². The van der Waals surface area contributed by atoms with Gasteiger partial charge in [0.25, 0.3) is 0 Å². The van der Waals surface area contributed by atoms with Crippen LogP contribution in [-0.4, -0.2) is 63.1 Å². The van der Waals surface area contributed by atoms with Gasteiger partial charge < -0.3 is 20.5 Å². The van der Waals surface area contributed by atoms with E-state index < -0.39 is 11.1 Å². The Balaban J connectivity index is 2.32. The minimum atomic E-state index is -0.638. The first-order valence-electron chi connectivity index (χ1n) is 10.0. The van der Waals surface area contributed by atoms with Crippen LogP contribution < -0.4 is 11.1 Å². The molecule has 0 aliphatic heterocycles. The van der Waals surface area contributed by atoms with Crippen LogP contribution in [0.2, 0.25) is 0 Å². The molecule has 1 saturated carbocycles. The third-order valence-corrected chi connectivity index (χ3v) is 5.62. The normalized spacial score (nSPS) is 22.6. The standard InChI is InChI=1S/C20H39N3O3/c1-6-19(7-2,18(24)20(21)15-17(20)16(3)4)23-9-8-11-25-13-14-26-12-10-22-5/h16-17,23H,5-15,21H2,1-4H3/t17-,20?/m0/s1. The Labute approximate surface area is 159 Å². The van der Waals surface area contributed by atoms with Crippen molar-refractivity contribution < 1.29 is 14.3 Å². The Morgan fingerprint density at radius 3 is 2.38 bits per heavy atom. The molecule has 0 amide bonds. The molecular weight excluding hydrogens is 330 g/mol. The van der Waals surface area contributed by atoms with E-state index in [9.17, 15) is 4.79 Å². The molecular formula is C20H39N3O3. The van der Waals surface area contributed by atoms with Gasteiger partial charge in [0.15, 0.2) is 5.78 Å². The van der Waals surface area contributed by atoms with Gasteiger partial charge in [0, 0.05) is 6.61 Å². The summed E-state index contributed by atoms with van der Waals surface area (Å²) < 4.78 is 10.9. The Hall–Kier alpha value is -0.820. The first-order chi connectivity index (χ1) is 12.4. The van der Waals surface area contributed by atoms with Crippen LogP contribution in [0, 0.1) is 11.8 Å². The van der Waals surface area contributed by atoms with E-state index in [0.29, 0.717) is 44.8 Å². The van der Waals surface area contributed by atoms with E-state index in [0.717, 1.165) is 32.2 Å². The molecule has 26 heavy (non-hydrogen) atoms. The van der Waals surface area contributed by atoms with Gasteiger partial charge in [0.1, 0.15) is 0 Å². The number of Topliss-reactive ketones (excluding diaryl/α,β-unsaturated/α-hetero) is 1. The van der Waals surface area contributed by atoms with Crippen LogP contribution in [-0.2, 0) is 14.3 Å². The molecule has 1 rings (SSSR count). The summed E-state index contributed by atoms with van der Waals surface area (Å²) in [5, 5.41) is 3.50. The van der Waals surface area contributed by atoms with Crippen molar-refractivity contribution >= 4 is 12.5 Å². The van der Waals surface area contributed by atoms with Crippen LogP contribution in [0.4, 0.5) is 0 Å². The quantitative estimate of drug-likeness (QED) is 0.322. The molecule has 0 aromatic rings. The largest absolute Gasteiger partial charge is 0.379 e. The molecule has 0 spiro atoms. The molecule has 6 nitrogen and oxygen atoms in total. The molecule has 0 saturated heterocycles. The van der Waals surface area contributed by atoms with Gasteiger partial charge in [-0.2, -0.15) is 0 Å². The molecule has 2 atom stereocenters. The third kappa shape index (κ3) is 6.12. The van der Waals surface area contributed by atoms with Crippen molar-refractivity contribution in [1.29, 1.82) is 0 Å². The van der Waals surface area contributed by atoms with Crippen LogP contribution >= 0.6 is 0 Å². The van der Waals surface area contributed by atoms with Crippen molar-refractivity contribution in [1.82, 2.24) is 5.32 Å². The summed E-state index contributed by atoms with van der Waals surface area (Å²) in [5.41, 5.74) is 5.30. The van der Waals surface area contributed by atoms with E-state index in [1.807, 2.05) is 0 Å². The fraction of sp³-hybridized carbons (Fsp3) is 0.900. The number of rotatable bonds is 16. The molecule has 1 aliphatic rings. The minimum absolute atomic E-state index is 0.193. The third-order valence-electron chi connectivity index (χ3n) is 5.62. The SMILES string of the molecule is C=NCCOCCOCCCNC(CC)(CC)C(=O)C1(N)C[C@H]1C(C)C. The summed E-state index contributed by atoms with van der Waals surface area (Å²) in [7, 11) is 0. The first-order valence-corrected chi connectivity index (χ1v) is 10.0. The van der Waals surface area contributed by atoms with Gasteiger partial charge in [-0.25, -0.2) is 0 Å². The lowest BCUT2D eigenvalue weighted by Gasteiger charge is -2.34. The zero-order valence-corrected chi connectivity index (χ0v) is 17.2. The van der Waals surface area contributed by atoms with Crippen molar-refractivity contribution in [2.45, 2.75) is 64.5 Å². The number of nitrogens with zero attached hydrogens (tertiary/aromatic N) is 1. The lowest BCUT2D eigenvalue weighted by Crippen LogP contribution is -2.59. The van der Waals surface area contributed by atoms with E-state index in [-0.39, 0.29) is 5.78 Å². The molecule has 0 radical (unpaired) electrons. The van der Waals surface area contributed by atoms with Crippen molar-refractivity contribution in [2.24, 2.45) is 22.6 Å². The second kappa shape index (κ2) is 11.1. The van der Waals surface area contributed by atoms with Gasteiger partial charge in [0.05, 0.1) is 37.4 Å². The molecule has 1 fully saturated rings. The van der Waals surface area contributed by atoms with Gasteiger partial charge >= 0.3 is 0 Å². The fourth-order valence-corrected chi connectivity index (χ4v) is 3.70. The monoisotopic (exact) mass is 369 g/mol. The Bertz CT molecular complexity index is 438. The van der Waals surface area contributed by atoms with Crippen molar-refractivity contribution in [2.75, 3.05) is 39.5 Å². The highest BCUT2D eigenvalue weighted by molar-refractivity contribution is 5.99. The average Bonchev–Trinajstić information content (AvgIpc) is 3.33. The smallest absolute Gasteiger partial charge is 0.172 e. The van der Waals surface area contributed by atoms with Gasteiger partial charge in [0.2, 0.25) is 0 Å². The van der Waals surface area contributed by atoms with E-state index in [4.69, 9.17) is 15.2 Å². The van der Waals surface area contributed by atoms with Crippen LogP contribution in [0.1, 0.15) is 53.4 Å². The number of ketones is 1. The Kier molecular flexibility index (Phi) is 9.93. The van der Waals surface area contributed by atoms with E-state index >= 15 is 0 Å². The summed E-state index contributed by atoms with van der Waals surface area (Å²) in [6.45, 7) is 15.6. The highest BCUT2D eigenvalue weighted by atomic mass is 16.5. The average molecular weight is 370 g/mol.